The molecule has 4 aliphatic carbocycles. The van der Waals surface area contributed by atoms with Crippen LogP contribution in [0.2, 0.25) is 0 Å². The predicted octanol–water partition coefficient (Wildman–Crippen LogP) is 3.85. The summed E-state index contributed by atoms with van der Waals surface area (Å²) in [5.74, 6) is 14.4. The van der Waals surface area contributed by atoms with Crippen molar-refractivity contribution in [1.29, 1.82) is 0 Å². The van der Waals surface area contributed by atoms with Gasteiger partial charge in [0.1, 0.15) is 6.34 Å². The van der Waals surface area contributed by atoms with E-state index in [2.05, 4.69) is 31.9 Å². The third-order valence-electron chi connectivity index (χ3n) is 9.23. The summed E-state index contributed by atoms with van der Waals surface area (Å²) in [5, 5.41) is 4.75. The molecule has 3 saturated carbocycles. The zero-order chi connectivity index (χ0) is 20.1. The number of nitrogens with two attached hydrogens (primary N) is 2. The molecule has 7 atom stereocenters. The molecule has 3 fully saturated rings. The molecule has 0 aromatic rings. The van der Waals surface area contributed by atoms with Crippen LogP contribution in [0.15, 0.2) is 16.8 Å². The van der Waals surface area contributed by atoms with Crippen molar-refractivity contribution < 1.29 is 4.79 Å². The van der Waals surface area contributed by atoms with E-state index in [1.165, 1.54) is 49.9 Å². The fraction of sp³-hybridized carbons (Fsp3) is 0.826. The molecule has 0 bridgehead atoms. The Hall–Kier alpha value is -1.36. The maximum absolute atomic E-state index is 13.0. The third-order valence-corrected chi connectivity index (χ3v) is 9.23. The molecule has 0 spiro atoms. The molecule has 28 heavy (non-hydrogen) atoms. The molecule has 4 rings (SSSR count). The minimum atomic E-state index is 0.0805. The maximum Gasteiger partial charge on any atom is 0.157 e. The Morgan fingerprint density at radius 1 is 1.29 bits per heavy atom. The first-order valence-electron chi connectivity index (χ1n) is 11.3. The molecule has 5 nitrogen and oxygen atoms in total. The van der Waals surface area contributed by atoms with Crippen molar-refractivity contribution in [1.82, 2.24) is 5.01 Å². The van der Waals surface area contributed by atoms with E-state index >= 15 is 0 Å². The Morgan fingerprint density at radius 2 is 2.07 bits per heavy atom. The highest BCUT2D eigenvalue weighted by molar-refractivity contribution is 5.85. The molecule has 4 N–H and O–H groups in total. The first-order chi connectivity index (χ1) is 13.3. The standard InChI is InChI=1S/C23H38N4O/c1-15-8-10-22(2)16(12-15)4-5-17-18-6-7-20(21(28)13-27(25)14-26-24)23(18,3)11-9-19(17)22/h9,14-18,20H,4-8,10-13,24-25H2,1-3H3/b26-14-. The number of allylic oxidation sites excluding steroid dienone is 2. The lowest BCUT2D eigenvalue weighted by molar-refractivity contribution is -0.127. The van der Waals surface area contributed by atoms with Crippen LogP contribution in [0.1, 0.15) is 72.1 Å². The highest BCUT2D eigenvalue weighted by atomic mass is 16.1. The van der Waals surface area contributed by atoms with E-state index in [4.69, 9.17) is 11.7 Å². The Balaban J connectivity index is 1.57. The number of hydrogen-bond acceptors (Lipinski definition) is 4. The summed E-state index contributed by atoms with van der Waals surface area (Å²) in [5.41, 5.74) is 2.25. The van der Waals surface area contributed by atoms with Crippen molar-refractivity contribution in [2.24, 2.45) is 57.2 Å². The van der Waals surface area contributed by atoms with E-state index in [1.807, 2.05) is 0 Å². The van der Waals surface area contributed by atoms with E-state index in [1.54, 1.807) is 5.57 Å². The number of hydrazone groups is 1. The van der Waals surface area contributed by atoms with Crippen molar-refractivity contribution in [2.45, 2.75) is 72.1 Å². The molecule has 7 unspecified atom stereocenters. The topological polar surface area (TPSA) is 84.7 Å². The van der Waals surface area contributed by atoms with Gasteiger partial charge < -0.3 is 5.84 Å². The van der Waals surface area contributed by atoms with E-state index in [0.717, 1.165) is 24.7 Å². The van der Waals surface area contributed by atoms with Gasteiger partial charge in [-0.3, -0.25) is 9.80 Å². The number of ketones is 1. The van der Waals surface area contributed by atoms with Gasteiger partial charge in [0.05, 0.1) is 6.54 Å². The van der Waals surface area contributed by atoms with E-state index in [0.29, 0.717) is 17.3 Å². The normalized spacial score (nSPS) is 45.1. The molecule has 0 aromatic heterocycles. The van der Waals surface area contributed by atoms with Crippen LogP contribution in [0, 0.1) is 40.4 Å². The van der Waals surface area contributed by atoms with Crippen LogP contribution in [0.25, 0.3) is 0 Å². The molecular formula is C23H38N4O. The van der Waals surface area contributed by atoms with Crippen LogP contribution in [-0.2, 0) is 4.79 Å². The van der Waals surface area contributed by atoms with Crippen molar-refractivity contribution in [2.75, 3.05) is 6.54 Å². The average molecular weight is 387 g/mol. The Morgan fingerprint density at radius 3 is 2.82 bits per heavy atom. The van der Waals surface area contributed by atoms with Gasteiger partial charge >= 0.3 is 0 Å². The van der Waals surface area contributed by atoms with Crippen LogP contribution in [0.4, 0.5) is 0 Å². The summed E-state index contributed by atoms with van der Waals surface area (Å²) in [6.07, 6.45) is 14.0. The van der Waals surface area contributed by atoms with Gasteiger partial charge in [-0.05, 0) is 85.9 Å². The molecular weight excluding hydrogens is 348 g/mol. The fourth-order valence-electron chi connectivity index (χ4n) is 7.69. The summed E-state index contributed by atoms with van der Waals surface area (Å²) < 4.78 is 0. The Bertz CT molecular complexity index is 688. The number of hydrogen-bond donors (Lipinski definition) is 2. The number of carbonyl (C=O) groups is 1. The lowest BCUT2D eigenvalue weighted by atomic mass is 9.48. The summed E-state index contributed by atoms with van der Waals surface area (Å²) in [6.45, 7) is 7.56. The maximum atomic E-state index is 13.0. The number of carbonyl (C=O) groups excluding carboxylic acids is 1. The molecule has 5 heteroatoms. The first kappa shape index (κ1) is 19.9. The van der Waals surface area contributed by atoms with Gasteiger partial charge in [0, 0.05) is 5.92 Å². The summed E-state index contributed by atoms with van der Waals surface area (Å²) >= 11 is 0. The highest BCUT2D eigenvalue weighted by Crippen LogP contribution is 2.65. The monoisotopic (exact) mass is 386 g/mol. The number of nitrogens with zero attached hydrogens (tertiary/aromatic N) is 2. The Kier molecular flexibility index (Phi) is 5.09. The minimum absolute atomic E-state index is 0.0805. The smallest absolute Gasteiger partial charge is 0.157 e. The van der Waals surface area contributed by atoms with Crippen LogP contribution in [-0.4, -0.2) is 23.7 Å². The zero-order valence-corrected chi connectivity index (χ0v) is 17.9. The molecule has 156 valence electrons. The van der Waals surface area contributed by atoms with Crippen LogP contribution >= 0.6 is 0 Å². The molecule has 0 aliphatic heterocycles. The quantitative estimate of drug-likeness (QED) is 0.253. The second-order valence-corrected chi connectivity index (χ2v) is 10.7. The molecule has 0 aromatic carbocycles. The van der Waals surface area contributed by atoms with Crippen molar-refractivity contribution in [3.8, 4) is 0 Å². The van der Waals surface area contributed by atoms with Crippen LogP contribution in [0.5, 0.6) is 0 Å². The molecule has 0 amide bonds. The van der Waals surface area contributed by atoms with E-state index < -0.39 is 0 Å². The number of hydrazine groups is 1. The van der Waals surface area contributed by atoms with Crippen molar-refractivity contribution in [3.63, 3.8) is 0 Å². The molecule has 0 radical (unpaired) electrons. The predicted molar refractivity (Wildman–Crippen MR) is 113 cm³/mol. The second-order valence-electron chi connectivity index (χ2n) is 10.7. The lowest BCUT2D eigenvalue weighted by Gasteiger charge is -2.57. The van der Waals surface area contributed by atoms with Crippen LogP contribution in [0.3, 0.4) is 0 Å². The van der Waals surface area contributed by atoms with Gasteiger partial charge in [-0.15, -0.1) is 0 Å². The fourth-order valence-corrected chi connectivity index (χ4v) is 7.69. The summed E-state index contributed by atoms with van der Waals surface area (Å²) in [6, 6.07) is 0. The minimum Gasteiger partial charge on any atom is -0.322 e. The van der Waals surface area contributed by atoms with Gasteiger partial charge in [0.25, 0.3) is 0 Å². The molecule has 0 heterocycles. The van der Waals surface area contributed by atoms with Gasteiger partial charge in [-0.1, -0.05) is 32.4 Å². The highest BCUT2D eigenvalue weighted by Gasteiger charge is 2.58. The van der Waals surface area contributed by atoms with E-state index in [9.17, 15) is 4.79 Å². The van der Waals surface area contributed by atoms with Gasteiger partial charge in [-0.2, -0.15) is 5.10 Å². The SMILES string of the molecule is CC1CCC2(C)C3=CCC4(C)C(C(=O)CN(N)/C=N\N)CCC4C3CCC2C1. The molecule has 0 saturated heterocycles. The van der Waals surface area contributed by atoms with Crippen LogP contribution < -0.4 is 11.7 Å². The average Bonchev–Trinajstić information content (AvgIpc) is 3.00. The lowest BCUT2D eigenvalue weighted by Crippen LogP contribution is -2.49. The summed E-state index contributed by atoms with van der Waals surface area (Å²) in [4.78, 5) is 13.0. The van der Waals surface area contributed by atoms with Gasteiger partial charge in [-0.25, -0.2) is 5.84 Å². The van der Waals surface area contributed by atoms with Crippen molar-refractivity contribution in [3.05, 3.63) is 11.6 Å². The molecule has 4 aliphatic rings. The van der Waals surface area contributed by atoms with E-state index in [-0.39, 0.29) is 23.7 Å². The number of Topliss-reactive ketones (excluding diaryl/α,β-unsaturated/α-hetero) is 1. The number of rotatable bonds is 4. The Labute approximate surface area is 169 Å². The number of fused-ring (bicyclic) bond motifs is 5. The van der Waals surface area contributed by atoms with Gasteiger partial charge in [0.2, 0.25) is 0 Å². The van der Waals surface area contributed by atoms with Crippen molar-refractivity contribution >= 4 is 12.1 Å². The second kappa shape index (κ2) is 7.16. The largest absolute Gasteiger partial charge is 0.322 e. The first-order valence-corrected chi connectivity index (χ1v) is 11.3. The third kappa shape index (κ3) is 3.01. The van der Waals surface area contributed by atoms with Gasteiger partial charge in [0.15, 0.2) is 5.78 Å². The zero-order valence-electron chi connectivity index (χ0n) is 17.9. The summed E-state index contributed by atoms with van der Waals surface area (Å²) in [7, 11) is 0.